The number of amides is 1. The molecule has 24 heavy (non-hydrogen) atoms. The highest BCUT2D eigenvalue weighted by molar-refractivity contribution is 5.76. The van der Waals surface area contributed by atoms with E-state index in [0.29, 0.717) is 13.1 Å². The zero-order valence-corrected chi connectivity index (χ0v) is 13.9. The van der Waals surface area contributed by atoms with Crippen LogP contribution in [0.15, 0.2) is 34.2 Å². The second-order valence-corrected chi connectivity index (χ2v) is 6.26. The number of aromatic nitrogens is 4. The topological polar surface area (TPSA) is 82.1 Å². The van der Waals surface area contributed by atoms with E-state index in [-0.39, 0.29) is 24.1 Å². The molecular formula is C16H21N5O3. The first kappa shape index (κ1) is 16.2. The first-order valence-corrected chi connectivity index (χ1v) is 8.00. The summed E-state index contributed by atoms with van der Waals surface area (Å²) < 4.78 is 4.18. The molecule has 1 aliphatic heterocycles. The maximum absolute atomic E-state index is 12.5. The third kappa shape index (κ3) is 3.17. The van der Waals surface area contributed by atoms with Crippen LogP contribution in [0.3, 0.4) is 0 Å². The van der Waals surface area contributed by atoms with Crippen molar-refractivity contribution in [2.24, 2.45) is 7.05 Å². The number of hydrogen-bond acceptors (Lipinski definition) is 4. The van der Waals surface area contributed by atoms with Crippen LogP contribution in [-0.4, -0.2) is 42.8 Å². The minimum atomic E-state index is -0.480. The molecule has 1 amide bonds. The van der Waals surface area contributed by atoms with Crippen LogP contribution in [0.25, 0.3) is 0 Å². The SMILES string of the molecule is Cc1cnn([C@H]2CCCN(C(=O)Cn3ccc(=O)n(C)c3=O)C2)c1. The van der Waals surface area contributed by atoms with E-state index in [2.05, 4.69) is 5.10 Å². The molecule has 1 atom stereocenters. The van der Waals surface area contributed by atoms with Gasteiger partial charge in [0.2, 0.25) is 5.91 Å². The smallest absolute Gasteiger partial charge is 0.331 e. The van der Waals surface area contributed by atoms with Crippen molar-refractivity contribution in [3.05, 3.63) is 51.1 Å². The molecule has 1 saturated heterocycles. The van der Waals surface area contributed by atoms with E-state index in [4.69, 9.17) is 0 Å². The number of nitrogens with zero attached hydrogens (tertiary/aromatic N) is 5. The quantitative estimate of drug-likeness (QED) is 0.787. The number of aryl methyl sites for hydroxylation is 1. The molecule has 0 aromatic carbocycles. The molecule has 2 aromatic heterocycles. The highest BCUT2D eigenvalue weighted by atomic mass is 16.2. The van der Waals surface area contributed by atoms with Gasteiger partial charge in [0.15, 0.2) is 0 Å². The monoisotopic (exact) mass is 331 g/mol. The molecule has 0 unspecified atom stereocenters. The Morgan fingerprint density at radius 1 is 1.38 bits per heavy atom. The van der Waals surface area contributed by atoms with Gasteiger partial charge < -0.3 is 4.90 Å². The maximum atomic E-state index is 12.5. The number of rotatable bonds is 3. The van der Waals surface area contributed by atoms with Crippen LogP contribution in [0.1, 0.15) is 24.4 Å². The van der Waals surface area contributed by atoms with Gasteiger partial charge in [-0.3, -0.25) is 23.4 Å². The third-order valence-electron chi connectivity index (χ3n) is 4.42. The van der Waals surface area contributed by atoms with E-state index < -0.39 is 5.69 Å². The van der Waals surface area contributed by atoms with Gasteiger partial charge in [-0.25, -0.2) is 4.79 Å². The number of hydrogen-bond donors (Lipinski definition) is 0. The van der Waals surface area contributed by atoms with E-state index >= 15 is 0 Å². The molecule has 0 spiro atoms. The van der Waals surface area contributed by atoms with Crippen LogP contribution in [0, 0.1) is 6.92 Å². The van der Waals surface area contributed by atoms with Gasteiger partial charge in [0.1, 0.15) is 6.54 Å². The number of piperidine rings is 1. The minimum Gasteiger partial charge on any atom is -0.339 e. The van der Waals surface area contributed by atoms with Gasteiger partial charge >= 0.3 is 5.69 Å². The van der Waals surface area contributed by atoms with Gasteiger partial charge in [0.05, 0.1) is 12.2 Å². The predicted molar refractivity (Wildman–Crippen MR) is 87.8 cm³/mol. The Kier molecular flexibility index (Phi) is 4.37. The van der Waals surface area contributed by atoms with E-state index in [1.54, 1.807) is 4.90 Å². The van der Waals surface area contributed by atoms with Crippen molar-refractivity contribution in [2.45, 2.75) is 32.4 Å². The van der Waals surface area contributed by atoms with Crippen LogP contribution in [-0.2, 0) is 18.4 Å². The molecule has 128 valence electrons. The summed E-state index contributed by atoms with van der Waals surface area (Å²) in [7, 11) is 1.41. The van der Waals surface area contributed by atoms with Crippen molar-refractivity contribution in [1.82, 2.24) is 23.8 Å². The van der Waals surface area contributed by atoms with Crippen molar-refractivity contribution < 1.29 is 4.79 Å². The number of carbonyl (C=O) groups is 1. The minimum absolute atomic E-state index is 0.0577. The summed E-state index contributed by atoms with van der Waals surface area (Å²) in [5.41, 5.74) is 0.234. The van der Waals surface area contributed by atoms with Gasteiger partial charge in [0.25, 0.3) is 5.56 Å². The van der Waals surface area contributed by atoms with E-state index in [9.17, 15) is 14.4 Å². The summed E-state index contributed by atoms with van der Waals surface area (Å²) in [6.07, 6.45) is 7.05. The largest absolute Gasteiger partial charge is 0.339 e. The van der Waals surface area contributed by atoms with E-state index in [0.717, 1.165) is 23.0 Å². The lowest BCUT2D eigenvalue weighted by Crippen LogP contribution is -2.45. The maximum Gasteiger partial charge on any atom is 0.331 e. The van der Waals surface area contributed by atoms with Crippen molar-refractivity contribution in [1.29, 1.82) is 0 Å². The van der Waals surface area contributed by atoms with Crippen LogP contribution >= 0.6 is 0 Å². The van der Waals surface area contributed by atoms with Crippen LogP contribution < -0.4 is 11.2 Å². The van der Waals surface area contributed by atoms with Crippen molar-refractivity contribution in [2.75, 3.05) is 13.1 Å². The molecule has 0 radical (unpaired) electrons. The Hall–Kier alpha value is -2.64. The molecule has 0 saturated carbocycles. The van der Waals surface area contributed by atoms with E-state index in [1.165, 1.54) is 23.9 Å². The Labute approximate surface area is 138 Å². The summed E-state index contributed by atoms with van der Waals surface area (Å²) in [6, 6.07) is 1.45. The average Bonchev–Trinajstić information content (AvgIpc) is 3.02. The number of carbonyl (C=O) groups excluding carboxylic acids is 1. The van der Waals surface area contributed by atoms with Crippen LogP contribution in [0.5, 0.6) is 0 Å². The first-order chi connectivity index (χ1) is 11.5. The lowest BCUT2D eigenvalue weighted by molar-refractivity contribution is -0.133. The predicted octanol–water partition coefficient (Wildman–Crippen LogP) is -0.0844. The molecule has 1 aliphatic rings. The molecule has 1 fully saturated rings. The van der Waals surface area contributed by atoms with E-state index in [1.807, 2.05) is 24.0 Å². The second-order valence-electron chi connectivity index (χ2n) is 6.26. The van der Waals surface area contributed by atoms with Gasteiger partial charge in [0, 0.05) is 38.6 Å². The summed E-state index contributed by atoms with van der Waals surface area (Å²) >= 11 is 0. The average molecular weight is 331 g/mol. The summed E-state index contributed by atoms with van der Waals surface area (Å²) in [6.45, 7) is 3.19. The summed E-state index contributed by atoms with van der Waals surface area (Å²) in [4.78, 5) is 37.8. The third-order valence-corrected chi connectivity index (χ3v) is 4.42. The fourth-order valence-electron chi connectivity index (χ4n) is 3.01. The summed E-state index contributed by atoms with van der Waals surface area (Å²) in [5, 5.41) is 4.34. The zero-order valence-electron chi connectivity index (χ0n) is 13.9. The Morgan fingerprint density at radius 3 is 2.88 bits per heavy atom. The zero-order chi connectivity index (χ0) is 17.3. The van der Waals surface area contributed by atoms with Crippen molar-refractivity contribution in [3.8, 4) is 0 Å². The molecule has 0 aliphatic carbocycles. The normalized spacial score (nSPS) is 17.9. The van der Waals surface area contributed by atoms with Gasteiger partial charge in [-0.1, -0.05) is 0 Å². The summed E-state index contributed by atoms with van der Waals surface area (Å²) in [5.74, 6) is -0.121. The van der Waals surface area contributed by atoms with Crippen molar-refractivity contribution >= 4 is 5.91 Å². The Bertz CT molecular complexity index is 863. The standard InChI is InChI=1S/C16H21N5O3/c1-12-8-17-21(9-12)13-4-3-6-19(10-13)15(23)11-20-7-5-14(22)18(2)16(20)24/h5,7-9,13H,3-4,6,10-11H2,1-2H3/t13-/m0/s1. The molecule has 3 heterocycles. The molecule has 3 rings (SSSR count). The Morgan fingerprint density at radius 2 is 2.17 bits per heavy atom. The Balaban J connectivity index is 1.72. The molecule has 8 nitrogen and oxygen atoms in total. The van der Waals surface area contributed by atoms with Crippen molar-refractivity contribution in [3.63, 3.8) is 0 Å². The fraction of sp³-hybridized carbons (Fsp3) is 0.500. The molecule has 0 N–H and O–H groups in total. The van der Waals surface area contributed by atoms with Gasteiger partial charge in [-0.15, -0.1) is 0 Å². The molecule has 8 heteroatoms. The first-order valence-electron chi connectivity index (χ1n) is 8.00. The molecule has 2 aromatic rings. The van der Waals surface area contributed by atoms with Crippen LogP contribution in [0.2, 0.25) is 0 Å². The lowest BCUT2D eigenvalue weighted by atomic mass is 10.1. The van der Waals surface area contributed by atoms with Crippen LogP contribution in [0.4, 0.5) is 0 Å². The molecular weight excluding hydrogens is 310 g/mol. The second kappa shape index (κ2) is 6.46. The number of likely N-dealkylation sites (tertiary alicyclic amines) is 1. The molecule has 0 bridgehead atoms. The van der Waals surface area contributed by atoms with Gasteiger partial charge in [-0.05, 0) is 25.3 Å². The highest BCUT2D eigenvalue weighted by Gasteiger charge is 2.25. The fourth-order valence-corrected chi connectivity index (χ4v) is 3.01. The van der Waals surface area contributed by atoms with Gasteiger partial charge in [-0.2, -0.15) is 5.10 Å². The lowest BCUT2D eigenvalue weighted by Gasteiger charge is -2.33. The highest BCUT2D eigenvalue weighted by Crippen LogP contribution is 2.21.